The fraction of sp³-hybridized carbons (Fsp3) is 0.368. The first kappa shape index (κ1) is 19.9. The van der Waals surface area contributed by atoms with Crippen LogP contribution in [0.3, 0.4) is 0 Å². The van der Waals surface area contributed by atoms with Crippen molar-refractivity contribution in [2.24, 2.45) is 0 Å². The molecule has 7 nitrogen and oxygen atoms in total. The third-order valence-electron chi connectivity index (χ3n) is 3.84. The maximum absolute atomic E-state index is 14.0. The van der Waals surface area contributed by atoms with Gasteiger partial charge in [-0.05, 0) is 39.3 Å². The summed E-state index contributed by atoms with van der Waals surface area (Å²) in [6, 6.07) is 3.20. The quantitative estimate of drug-likeness (QED) is 0.680. The molecule has 0 aliphatic rings. The van der Waals surface area contributed by atoms with Gasteiger partial charge in [0, 0.05) is 22.2 Å². The maximum Gasteiger partial charge on any atom is 0.408 e. The summed E-state index contributed by atoms with van der Waals surface area (Å²) in [5.74, 6) is -0.220. The van der Waals surface area contributed by atoms with Gasteiger partial charge in [-0.15, -0.1) is 11.3 Å². The van der Waals surface area contributed by atoms with E-state index in [2.05, 4.69) is 20.3 Å². The second kappa shape index (κ2) is 7.67. The predicted octanol–water partition coefficient (Wildman–Crippen LogP) is 4.16. The summed E-state index contributed by atoms with van der Waals surface area (Å²) >= 11 is 1.15. The number of nitrogens with zero attached hydrogens (tertiary/aromatic N) is 2. The minimum atomic E-state index is -0.708. The van der Waals surface area contributed by atoms with Crippen LogP contribution in [0.1, 0.15) is 46.0 Å². The van der Waals surface area contributed by atoms with Crippen LogP contribution in [0.25, 0.3) is 20.7 Å². The fourth-order valence-electron chi connectivity index (χ4n) is 2.62. The Morgan fingerprint density at radius 3 is 2.82 bits per heavy atom. The van der Waals surface area contributed by atoms with Gasteiger partial charge < -0.3 is 15.0 Å². The Balaban J connectivity index is 1.95. The molecule has 0 aromatic carbocycles. The van der Waals surface area contributed by atoms with Gasteiger partial charge in [0.1, 0.15) is 10.5 Å². The molecule has 0 spiro atoms. The van der Waals surface area contributed by atoms with Crippen molar-refractivity contribution >= 4 is 27.6 Å². The van der Waals surface area contributed by atoms with Crippen LogP contribution in [0, 0.1) is 5.82 Å². The largest absolute Gasteiger partial charge is 0.438 e. The second-order valence-electron chi connectivity index (χ2n) is 7.31. The van der Waals surface area contributed by atoms with E-state index in [1.807, 2.05) is 27.7 Å². The number of hydrogen-bond acceptors (Lipinski definition) is 6. The van der Waals surface area contributed by atoms with Crippen LogP contribution in [0.2, 0.25) is 0 Å². The standard InChI is InChI=1S/C19H21FN4O3S/c1-5-13(27-18(26)24-19(2,3)4)16-22-12-8-14(28-15(12)17(25)23-16)10-6-7-21-9-11(10)20/h6-9,13H,5H2,1-4H3,(H,24,26)(H,22,23,25)/t13-/m0/s1. The number of aromatic nitrogens is 3. The first-order valence-electron chi connectivity index (χ1n) is 8.80. The minimum Gasteiger partial charge on any atom is -0.438 e. The van der Waals surface area contributed by atoms with Crippen molar-refractivity contribution < 1.29 is 13.9 Å². The van der Waals surface area contributed by atoms with Gasteiger partial charge in [-0.2, -0.15) is 0 Å². The number of ether oxygens (including phenoxy) is 1. The first-order valence-corrected chi connectivity index (χ1v) is 9.62. The molecular formula is C19H21FN4O3S. The lowest BCUT2D eigenvalue weighted by molar-refractivity contribution is 0.0843. The summed E-state index contributed by atoms with van der Waals surface area (Å²) in [4.78, 5) is 36.0. The summed E-state index contributed by atoms with van der Waals surface area (Å²) in [5.41, 5.74) is -0.0270. The maximum atomic E-state index is 14.0. The molecule has 3 rings (SSSR count). The molecule has 0 saturated carbocycles. The molecule has 0 aliphatic heterocycles. The molecule has 0 fully saturated rings. The molecule has 28 heavy (non-hydrogen) atoms. The lowest BCUT2D eigenvalue weighted by Crippen LogP contribution is -2.41. The van der Waals surface area contributed by atoms with Gasteiger partial charge in [-0.3, -0.25) is 9.78 Å². The van der Waals surface area contributed by atoms with Gasteiger partial charge >= 0.3 is 6.09 Å². The van der Waals surface area contributed by atoms with Crippen LogP contribution < -0.4 is 10.9 Å². The molecule has 0 aliphatic carbocycles. The Hall–Kier alpha value is -2.81. The molecule has 3 aromatic heterocycles. The number of rotatable bonds is 4. The van der Waals surface area contributed by atoms with E-state index in [9.17, 15) is 14.0 Å². The zero-order chi connectivity index (χ0) is 20.5. The number of nitrogens with one attached hydrogen (secondary N) is 2. The Morgan fingerprint density at radius 1 is 1.43 bits per heavy atom. The summed E-state index contributed by atoms with van der Waals surface area (Å²) < 4.78 is 19.8. The summed E-state index contributed by atoms with van der Waals surface area (Å²) in [5, 5.41) is 2.71. The number of halogens is 1. The van der Waals surface area contributed by atoms with Crippen LogP contribution in [-0.2, 0) is 4.74 Å². The van der Waals surface area contributed by atoms with E-state index < -0.39 is 23.6 Å². The monoisotopic (exact) mass is 404 g/mol. The molecule has 0 unspecified atom stereocenters. The van der Waals surface area contributed by atoms with E-state index in [4.69, 9.17) is 4.74 Å². The van der Waals surface area contributed by atoms with Gasteiger partial charge in [-0.1, -0.05) is 6.92 Å². The Labute approximate surface area is 165 Å². The minimum absolute atomic E-state index is 0.253. The smallest absolute Gasteiger partial charge is 0.408 e. The van der Waals surface area contributed by atoms with Crippen LogP contribution in [0.5, 0.6) is 0 Å². The van der Waals surface area contributed by atoms with E-state index in [-0.39, 0.29) is 11.4 Å². The Bertz CT molecular complexity index is 1070. The second-order valence-corrected chi connectivity index (χ2v) is 8.36. The summed E-state index contributed by atoms with van der Waals surface area (Å²) in [6.45, 7) is 7.34. The Kier molecular flexibility index (Phi) is 5.46. The molecule has 0 radical (unpaired) electrons. The van der Waals surface area contributed by atoms with Gasteiger partial charge in [0.15, 0.2) is 11.9 Å². The van der Waals surface area contributed by atoms with E-state index in [0.29, 0.717) is 27.1 Å². The zero-order valence-electron chi connectivity index (χ0n) is 16.0. The molecular weight excluding hydrogens is 383 g/mol. The molecule has 148 valence electrons. The van der Waals surface area contributed by atoms with Crippen LogP contribution >= 0.6 is 11.3 Å². The molecule has 1 amide bonds. The molecule has 3 aromatic rings. The molecule has 0 saturated heterocycles. The topological polar surface area (TPSA) is 97.0 Å². The average Bonchev–Trinajstić information content (AvgIpc) is 3.03. The number of pyridine rings is 1. The van der Waals surface area contributed by atoms with E-state index in [1.54, 1.807) is 12.1 Å². The lowest BCUT2D eigenvalue weighted by Gasteiger charge is -2.22. The van der Waals surface area contributed by atoms with E-state index >= 15 is 0 Å². The number of amides is 1. The SMILES string of the molecule is CC[C@H](OC(=O)NC(C)(C)C)c1nc2cc(-c3ccncc3F)sc2c(=O)[nH]1. The average molecular weight is 404 g/mol. The van der Waals surface area contributed by atoms with Crippen molar-refractivity contribution in [3.8, 4) is 10.4 Å². The number of aromatic amines is 1. The first-order chi connectivity index (χ1) is 13.2. The third kappa shape index (κ3) is 4.36. The van der Waals surface area contributed by atoms with Crippen molar-refractivity contribution in [3.63, 3.8) is 0 Å². The number of carbonyl (C=O) groups is 1. The predicted molar refractivity (Wildman–Crippen MR) is 106 cm³/mol. The molecule has 9 heteroatoms. The fourth-order valence-corrected chi connectivity index (χ4v) is 3.63. The number of alkyl carbamates (subject to hydrolysis) is 1. The number of hydrogen-bond donors (Lipinski definition) is 2. The van der Waals surface area contributed by atoms with Gasteiger partial charge in [-0.25, -0.2) is 14.2 Å². The van der Waals surface area contributed by atoms with E-state index in [1.165, 1.54) is 6.20 Å². The van der Waals surface area contributed by atoms with Crippen molar-refractivity contribution in [2.75, 3.05) is 0 Å². The van der Waals surface area contributed by atoms with E-state index in [0.717, 1.165) is 17.5 Å². The van der Waals surface area contributed by atoms with Crippen molar-refractivity contribution in [3.05, 3.63) is 46.5 Å². The summed E-state index contributed by atoms with van der Waals surface area (Å²) in [6.07, 6.45) is 1.74. The van der Waals surface area contributed by atoms with Crippen molar-refractivity contribution in [1.82, 2.24) is 20.3 Å². The van der Waals surface area contributed by atoms with Crippen LogP contribution in [0.15, 0.2) is 29.3 Å². The highest BCUT2D eigenvalue weighted by Crippen LogP contribution is 2.32. The highest BCUT2D eigenvalue weighted by molar-refractivity contribution is 7.22. The summed E-state index contributed by atoms with van der Waals surface area (Å²) in [7, 11) is 0. The number of carbonyl (C=O) groups excluding carboxylic acids is 1. The highest BCUT2D eigenvalue weighted by atomic mass is 32.1. The van der Waals surface area contributed by atoms with Gasteiger partial charge in [0.2, 0.25) is 0 Å². The molecule has 1 atom stereocenters. The van der Waals surface area contributed by atoms with Gasteiger partial charge in [0.05, 0.1) is 11.7 Å². The third-order valence-corrected chi connectivity index (χ3v) is 5.00. The van der Waals surface area contributed by atoms with Crippen LogP contribution in [-0.4, -0.2) is 26.6 Å². The highest BCUT2D eigenvalue weighted by Gasteiger charge is 2.22. The molecule has 0 bridgehead atoms. The Morgan fingerprint density at radius 2 is 2.18 bits per heavy atom. The van der Waals surface area contributed by atoms with Gasteiger partial charge in [0.25, 0.3) is 5.56 Å². The normalized spacial score (nSPS) is 12.8. The zero-order valence-corrected chi connectivity index (χ0v) is 16.8. The molecule has 2 N–H and O–H groups in total. The van der Waals surface area contributed by atoms with Crippen molar-refractivity contribution in [2.45, 2.75) is 45.8 Å². The van der Waals surface area contributed by atoms with Crippen LogP contribution in [0.4, 0.5) is 9.18 Å². The number of thiophene rings is 1. The number of fused-ring (bicyclic) bond motifs is 1. The lowest BCUT2D eigenvalue weighted by atomic mass is 10.1. The molecule has 3 heterocycles. The van der Waals surface area contributed by atoms with Crippen molar-refractivity contribution in [1.29, 1.82) is 0 Å². The number of H-pyrrole nitrogens is 1.